The second-order valence-electron chi connectivity index (χ2n) is 5.45. The van der Waals surface area contributed by atoms with E-state index < -0.39 is 0 Å². The van der Waals surface area contributed by atoms with Gasteiger partial charge < -0.3 is 15.7 Å². The highest BCUT2D eigenvalue weighted by Gasteiger charge is 2.15. The van der Waals surface area contributed by atoms with Gasteiger partial charge in [0, 0.05) is 38.1 Å². The first-order valence-corrected chi connectivity index (χ1v) is 5.95. The molecule has 0 atom stereocenters. The molecule has 4 nitrogen and oxygen atoms in total. The van der Waals surface area contributed by atoms with Crippen molar-refractivity contribution in [1.82, 2.24) is 10.6 Å². The summed E-state index contributed by atoms with van der Waals surface area (Å²) in [7, 11) is 0. The van der Waals surface area contributed by atoms with Crippen LogP contribution in [0.1, 0.15) is 34.1 Å². The zero-order valence-corrected chi connectivity index (χ0v) is 11.0. The van der Waals surface area contributed by atoms with Crippen LogP contribution >= 0.6 is 0 Å². The van der Waals surface area contributed by atoms with Crippen LogP contribution in [0.15, 0.2) is 0 Å². The van der Waals surface area contributed by atoms with Crippen molar-refractivity contribution >= 4 is 5.91 Å². The van der Waals surface area contributed by atoms with Gasteiger partial charge in [0.15, 0.2) is 0 Å². The molecule has 0 aromatic heterocycles. The van der Waals surface area contributed by atoms with E-state index in [1.54, 1.807) is 0 Å². The lowest BCUT2D eigenvalue weighted by Gasteiger charge is -2.21. The molecule has 0 saturated carbocycles. The second-order valence-corrected chi connectivity index (χ2v) is 5.45. The third-order valence-corrected chi connectivity index (χ3v) is 2.27. The smallest absolute Gasteiger partial charge is 0.221 e. The first kappa shape index (κ1) is 15.4. The summed E-state index contributed by atoms with van der Waals surface area (Å²) >= 11 is 0. The van der Waals surface area contributed by atoms with Crippen molar-refractivity contribution in [3.63, 3.8) is 0 Å². The van der Waals surface area contributed by atoms with E-state index in [0.717, 1.165) is 13.1 Å². The molecule has 0 rings (SSSR count). The molecule has 0 saturated heterocycles. The lowest BCUT2D eigenvalue weighted by atomic mass is 9.95. The van der Waals surface area contributed by atoms with Crippen molar-refractivity contribution in [3.8, 4) is 0 Å². The van der Waals surface area contributed by atoms with Crippen LogP contribution in [0.4, 0.5) is 0 Å². The summed E-state index contributed by atoms with van der Waals surface area (Å²) in [5, 5.41) is 15.1. The van der Waals surface area contributed by atoms with Crippen LogP contribution in [0, 0.1) is 11.3 Å². The van der Waals surface area contributed by atoms with Crippen LogP contribution in [-0.2, 0) is 4.79 Å². The molecule has 0 aliphatic heterocycles. The van der Waals surface area contributed by atoms with Gasteiger partial charge >= 0.3 is 0 Å². The van der Waals surface area contributed by atoms with Crippen LogP contribution < -0.4 is 10.6 Å². The van der Waals surface area contributed by atoms with Crippen molar-refractivity contribution < 1.29 is 9.90 Å². The molecule has 0 bridgehead atoms. The molecule has 0 heterocycles. The predicted octanol–water partition coefficient (Wildman–Crippen LogP) is 0.757. The van der Waals surface area contributed by atoms with Crippen LogP contribution in [0.25, 0.3) is 0 Å². The molecule has 0 aliphatic carbocycles. The van der Waals surface area contributed by atoms with E-state index in [-0.39, 0.29) is 17.9 Å². The normalized spacial score (nSPS) is 11.9. The maximum absolute atomic E-state index is 11.3. The van der Waals surface area contributed by atoms with E-state index in [4.69, 9.17) is 5.11 Å². The molecule has 4 heteroatoms. The maximum atomic E-state index is 11.3. The molecule has 0 aromatic rings. The second kappa shape index (κ2) is 7.63. The summed E-state index contributed by atoms with van der Waals surface area (Å²) in [6.45, 7) is 10.4. The van der Waals surface area contributed by atoms with E-state index in [2.05, 4.69) is 24.5 Å². The van der Waals surface area contributed by atoms with Crippen LogP contribution in [-0.4, -0.2) is 37.3 Å². The summed E-state index contributed by atoms with van der Waals surface area (Å²) in [6, 6.07) is 0. The number of carbonyl (C=O) groups is 1. The molecule has 1 amide bonds. The minimum atomic E-state index is -0.117. The van der Waals surface area contributed by atoms with Crippen LogP contribution in [0.2, 0.25) is 0 Å². The molecule has 0 radical (unpaired) electrons. The van der Waals surface area contributed by atoms with E-state index in [9.17, 15) is 4.79 Å². The third-order valence-electron chi connectivity index (χ3n) is 2.27. The summed E-state index contributed by atoms with van der Waals surface area (Å²) in [4.78, 5) is 11.3. The Hall–Kier alpha value is -0.610. The SMILES string of the molecule is CC(C)CNC(=O)CCNCC(C)(C)CO. The van der Waals surface area contributed by atoms with E-state index >= 15 is 0 Å². The molecule has 96 valence electrons. The van der Waals surface area contributed by atoms with Gasteiger partial charge in [0.1, 0.15) is 0 Å². The van der Waals surface area contributed by atoms with Gasteiger partial charge in [-0.1, -0.05) is 27.7 Å². The number of carbonyl (C=O) groups excluding carboxylic acids is 1. The Bertz CT molecular complexity index is 203. The Morgan fingerprint density at radius 2 is 2.00 bits per heavy atom. The van der Waals surface area contributed by atoms with Gasteiger partial charge in [0.05, 0.1) is 0 Å². The Morgan fingerprint density at radius 1 is 1.38 bits per heavy atom. The molecule has 0 unspecified atom stereocenters. The van der Waals surface area contributed by atoms with Gasteiger partial charge in [0.25, 0.3) is 0 Å². The first-order chi connectivity index (χ1) is 7.37. The highest BCUT2D eigenvalue weighted by atomic mass is 16.3. The summed E-state index contributed by atoms with van der Waals surface area (Å²) in [5.74, 6) is 0.577. The average molecular weight is 230 g/mol. The fourth-order valence-corrected chi connectivity index (χ4v) is 1.09. The van der Waals surface area contributed by atoms with Gasteiger partial charge in [-0.15, -0.1) is 0 Å². The number of nitrogens with one attached hydrogen (secondary N) is 2. The van der Waals surface area contributed by atoms with Crippen molar-refractivity contribution in [1.29, 1.82) is 0 Å². The summed E-state index contributed by atoms with van der Waals surface area (Å²) < 4.78 is 0. The van der Waals surface area contributed by atoms with Gasteiger partial charge in [-0.2, -0.15) is 0 Å². The number of rotatable bonds is 8. The van der Waals surface area contributed by atoms with Gasteiger partial charge in [-0.3, -0.25) is 4.79 Å². The Kier molecular flexibility index (Phi) is 7.34. The van der Waals surface area contributed by atoms with E-state index in [0.29, 0.717) is 18.9 Å². The number of hydrogen-bond acceptors (Lipinski definition) is 3. The minimum Gasteiger partial charge on any atom is -0.396 e. The third kappa shape index (κ3) is 8.68. The van der Waals surface area contributed by atoms with Crippen molar-refractivity contribution in [2.75, 3.05) is 26.2 Å². The predicted molar refractivity (Wildman–Crippen MR) is 66.2 cm³/mol. The number of amides is 1. The van der Waals surface area contributed by atoms with Crippen molar-refractivity contribution in [3.05, 3.63) is 0 Å². The molecular formula is C12H26N2O2. The highest BCUT2D eigenvalue weighted by Crippen LogP contribution is 2.10. The van der Waals surface area contributed by atoms with E-state index in [1.807, 2.05) is 13.8 Å². The molecule has 3 N–H and O–H groups in total. The van der Waals surface area contributed by atoms with Crippen LogP contribution in [0.3, 0.4) is 0 Å². The Morgan fingerprint density at radius 3 is 2.50 bits per heavy atom. The summed E-state index contributed by atoms with van der Waals surface area (Å²) in [5.41, 5.74) is -0.117. The van der Waals surface area contributed by atoms with E-state index in [1.165, 1.54) is 0 Å². The standard InChI is InChI=1S/C12H26N2O2/c1-10(2)7-14-11(16)5-6-13-8-12(3,4)9-15/h10,13,15H,5-9H2,1-4H3,(H,14,16). The maximum Gasteiger partial charge on any atom is 0.221 e. The molecule has 0 aliphatic rings. The fourth-order valence-electron chi connectivity index (χ4n) is 1.09. The summed E-state index contributed by atoms with van der Waals surface area (Å²) in [6.07, 6.45) is 0.494. The van der Waals surface area contributed by atoms with Crippen molar-refractivity contribution in [2.45, 2.75) is 34.1 Å². The molecule has 0 aromatic carbocycles. The van der Waals surface area contributed by atoms with Gasteiger partial charge in [-0.25, -0.2) is 0 Å². The Labute approximate surface area is 98.8 Å². The molecule has 16 heavy (non-hydrogen) atoms. The molecular weight excluding hydrogens is 204 g/mol. The van der Waals surface area contributed by atoms with Crippen molar-refractivity contribution in [2.24, 2.45) is 11.3 Å². The quantitative estimate of drug-likeness (QED) is 0.539. The largest absolute Gasteiger partial charge is 0.396 e. The Balaban J connectivity index is 3.48. The highest BCUT2D eigenvalue weighted by molar-refractivity contribution is 5.76. The van der Waals surface area contributed by atoms with Gasteiger partial charge in [-0.05, 0) is 5.92 Å². The molecule has 0 spiro atoms. The average Bonchev–Trinajstić information content (AvgIpc) is 2.21. The number of aliphatic hydroxyl groups excluding tert-OH is 1. The number of aliphatic hydroxyl groups is 1. The zero-order valence-electron chi connectivity index (χ0n) is 11.0. The van der Waals surface area contributed by atoms with Crippen LogP contribution in [0.5, 0.6) is 0 Å². The molecule has 0 fully saturated rings. The lowest BCUT2D eigenvalue weighted by Crippen LogP contribution is -2.35. The minimum absolute atomic E-state index is 0.0861. The lowest BCUT2D eigenvalue weighted by molar-refractivity contribution is -0.121. The fraction of sp³-hybridized carbons (Fsp3) is 0.917. The van der Waals surface area contributed by atoms with Gasteiger partial charge in [0.2, 0.25) is 5.91 Å². The number of hydrogen-bond donors (Lipinski definition) is 3. The monoisotopic (exact) mass is 230 g/mol. The first-order valence-electron chi connectivity index (χ1n) is 5.95. The zero-order chi connectivity index (χ0) is 12.6. The topological polar surface area (TPSA) is 61.4 Å².